The molecule has 0 unspecified atom stereocenters. The highest BCUT2D eigenvalue weighted by Crippen LogP contribution is 2.33. The predicted octanol–water partition coefficient (Wildman–Crippen LogP) is 3.76. The van der Waals surface area contributed by atoms with Crippen LogP contribution in [0.2, 0.25) is 0 Å². The number of rotatable bonds is 4. The molecule has 2 aromatic carbocycles. The van der Waals surface area contributed by atoms with E-state index in [-0.39, 0.29) is 0 Å². The van der Waals surface area contributed by atoms with Crippen molar-refractivity contribution in [2.75, 3.05) is 13.7 Å². The Hall–Kier alpha value is -1.96. The molecule has 0 aliphatic rings. The zero-order valence-electron chi connectivity index (χ0n) is 10.1. The average Bonchev–Trinajstić information content (AvgIpc) is 2.40. The molecule has 0 saturated heterocycles. The Morgan fingerprint density at radius 2 is 1.76 bits per heavy atom. The van der Waals surface area contributed by atoms with Gasteiger partial charge in [0.15, 0.2) is 0 Å². The van der Waals surface area contributed by atoms with Crippen molar-refractivity contribution < 1.29 is 9.47 Å². The van der Waals surface area contributed by atoms with Gasteiger partial charge in [0.05, 0.1) is 13.7 Å². The van der Waals surface area contributed by atoms with E-state index in [0.29, 0.717) is 6.61 Å². The average molecular weight is 228 g/mol. The third kappa shape index (κ3) is 2.59. The van der Waals surface area contributed by atoms with Crippen LogP contribution in [0.4, 0.5) is 0 Å². The third-order valence-corrected chi connectivity index (χ3v) is 2.57. The van der Waals surface area contributed by atoms with Crippen LogP contribution in [0.5, 0.6) is 11.5 Å². The summed E-state index contributed by atoms with van der Waals surface area (Å²) < 4.78 is 10.9. The van der Waals surface area contributed by atoms with Crippen LogP contribution in [-0.2, 0) is 0 Å². The van der Waals surface area contributed by atoms with Gasteiger partial charge in [0.1, 0.15) is 11.5 Å². The first kappa shape index (κ1) is 11.5. The number of hydrogen-bond acceptors (Lipinski definition) is 2. The molecule has 0 aliphatic heterocycles. The molecule has 2 heteroatoms. The molecule has 2 aromatic rings. The molecule has 0 N–H and O–H groups in total. The molecule has 88 valence electrons. The van der Waals surface area contributed by atoms with Gasteiger partial charge in [-0.3, -0.25) is 0 Å². The monoisotopic (exact) mass is 228 g/mol. The fourth-order valence-corrected chi connectivity index (χ4v) is 1.76. The number of methoxy groups -OCH3 is 1. The van der Waals surface area contributed by atoms with E-state index in [2.05, 4.69) is 12.1 Å². The second kappa shape index (κ2) is 5.39. The fourth-order valence-electron chi connectivity index (χ4n) is 1.76. The van der Waals surface area contributed by atoms with Crippen molar-refractivity contribution in [1.29, 1.82) is 0 Å². The molecular weight excluding hydrogens is 212 g/mol. The van der Waals surface area contributed by atoms with E-state index >= 15 is 0 Å². The van der Waals surface area contributed by atoms with Crippen molar-refractivity contribution in [3.63, 3.8) is 0 Å². The van der Waals surface area contributed by atoms with E-state index in [1.165, 1.54) is 0 Å². The molecule has 0 bridgehead atoms. The molecule has 0 aromatic heterocycles. The van der Waals surface area contributed by atoms with Crippen LogP contribution in [-0.4, -0.2) is 13.7 Å². The van der Waals surface area contributed by atoms with E-state index in [1.54, 1.807) is 7.11 Å². The highest BCUT2D eigenvalue weighted by Gasteiger charge is 2.07. The van der Waals surface area contributed by atoms with E-state index in [1.807, 2.05) is 43.3 Å². The molecule has 0 spiro atoms. The van der Waals surface area contributed by atoms with Crippen LogP contribution in [0.15, 0.2) is 48.5 Å². The van der Waals surface area contributed by atoms with Crippen molar-refractivity contribution in [3.05, 3.63) is 48.5 Å². The maximum Gasteiger partial charge on any atom is 0.127 e. The number of ether oxygens (including phenoxy) is 2. The second-order valence-corrected chi connectivity index (χ2v) is 3.66. The molecule has 0 radical (unpaired) electrons. The topological polar surface area (TPSA) is 18.5 Å². The van der Waals surface area contributed by atoms with E-state index in [9.17, 15) is 0 Å². The third-order valence-electron chi connectivity index (χ3n) is 2.57. The summed E-state index contributed by atoms with van der Waals surface area (Å²) in [6.45, 7) is 2.64. The minimum Gasteiger partial charge on any atom is -0.497 e. The highest BCUT2D eigenvalue weighted by molar-refractivity contribution is 5.71. The summed E-state index contributed by atoms with van der Waals surface area (Å²) in [6.07, 6.45) is 0. The Balaban J connectivity index is 2.48. The van der Waals surface area contributed by atoms with Crippen molar-refractivity contribution in [3.8, 4) is 22.6 Å². The smallest absolute Gasteiger partial charge is 0.127 e. The SMILES string of the molecule is CCOc1ccc(OC)cc1-c1ccccc1. The standard InChI is InChI=1S/C15H16O2/c1-3-17-15-10-9-13(16-2)11-14(15)12-7-5-4-6-8-12/h4-11H,3H2,1-2H3. The lowest BCUT2D eigenvalue weighted by Crippen LogP contribution is -1.94. The van der Waals surface area contributed by atoms with Gasteiger partial charge < -0.3 is 9.47 Å². The molecule has 2 rings (SSSR count). The Morgan fingerprint density at radius 3 is 2.41 bits per heavy atom. The Bertz CT molecular complexity index is 478. The van der Waals surface area contributed by atoms with Gasteiger partial charge in [0.2, 0.25) is 0 Å². The molecule has 17 heavy (non-hydrogen) atoms. The number of hydrogen-bond donors (Lipinski definition) is 0. The highest BCUT2D eigenvalue weighted by atomic mass is 16.5. The first-order valence-corrected chi connectivity index (χ1v) is 5.71. The van der Waals surface area contributed by atoms with E-state index in [4.69, 9.17) is 9.47 Å². The maximum absolute atomic E-state index is 5.64. The lowest BCUT2D eigenvalue weighted by molar-refractivity contribution is 0.340. The normalized spacial score (nSPS) is 10.0. The Labute approximate surface area is 102 Å². The lowest BCUT2D eigenvalue weighted by atomic mass is 10.0. The summed E-state index contributed by atoms with van der Waals surface area (Å²) in [6, 6.07) is 16.0. The molecule has 0 heterocycles. The van der Waals surface area contributed by atoms with Gasteiger partial charge in [-0.15, -0.1) is 0 Å². The quantitative estimate of drug-likeness (QED) is 0.793. The fraction of sp³-hybridized carbons (Fsp3) is 0.200. The van der Waals surface area contributed by atoms with Gasteiger partial charge >= 0.3 is 0 Å². The molecule has 0 fully saturated rings. The maximum atomic E-state index is 5.64. The van der Waals surface area contributed by atoms with Crippen molar-refractivity contribution >= 4 is 0 Å². The Kier molecular flexibility index (Phi) is 3.66. The molecular formula is C15H16O2. The van der Waals surface area contributed by atoms with Crippen molar-refractivity contribution in [2.24, 2.45) is 0 Å². The summed E-state index contributed by atoms with van der Waals surface area (Å²) in [5.74, 6) is 1.73. The van der Waals surface area contributed by atoms with E-state index in [0.717, 1.165) is 22.6 Å². The zero-order chi connectivity index (χ0) is 12.1. The van der Waals surface area contributed by atoms with Crippen LogP contribution < -0.4 is 9.47 Å². The summed E-state index contributed by atoms with van der Waals surface area (Å²) >= 11 is 0. The minimum absolute atomic E-state index is 0.659. The van der Waals surface area contributed by atoms with Crippen LogP contribution in [0.3, 0.4) is 0 Å². The van der Waals surface area contributed by atoms with Gasteiger partial charge in [0.25, 0.3) is 0 Å². The predicted molar refractivity (Wildman–Crippen MR) is 69.6 cm³/mol. The van der Waals surface area contributed by atoms with Gasteiger partial charge in [-0.25, -0.2) is 0 Å². The second-order valence-electron chi connectivity index (χ2n) is 3.66. The molecule has 2 nitrogen and oxygen atoms in total. The van der Waals surface area contributed by atoms with Gasteiger partial charge in [-0.05, 0) is 30.7 Å². The summed E-state index contributed by atoms with van der Waals surface area (Å²) in [7, 11) is 1.67. The van der Waals surface area contributed by atoms with Crippen molar-refractivity contribution in [2.45, 2.75) is 6.92 Å². The van der Waals surface area contributed by atoms with Gasteiger partial charge in [-0.2, -0.15) is 0 Å². The zero-order valence-corrected chi connectivity index (χ0v) is 10.1. The van der Waals surface area contributed by atoms with E-state index < -0.39 is 0 Å². The molecule has 0 atom stereocenters. The number of benzene rings is 2. The van der Waals surface area contributed by atoms with Crippen LogP contribution in [0.1, 0.15) is 6.92 Å². The summed E-state index contributed by atoms with van der Waals surface area (Å²) in [5, 5.41) is 0. The first-order valence-electron chi connectivity index (χ1n) is 5.71. The first-order chi connectivity index (χ1) is 8.35. The summed E-state index contributed by atoms with van der Waals surface area (Å²) in [5.41, 5.74) is 2.20. The largest absolute Gasteiger partial charge is 0.497 e. The minimum atomic E-state index is 0.659. The molecule has 0 aliphatic carbocycles. The van der Waals surface area contributed by atoms with Crippen molar-refractivity contribution in [1.82, 2.24) is 0 Å². The Morgan fingerprint density at radius 1 is 1.00 bits per heavy atom. The van der Waals surface area contributed by atoms with Crippen LogP contribution >= 0.6 is 0 Å². The van der Waals surface area contributed by atoms with Crippen LogP contribution in [0.25, 0.3) is 11.1 Å². The van der Waals surface area contributed by atoms with Crippen LogP contribution in [0, 0.1) is 0 Å². The van der Waals surface area contributed by atoms with Gasteiger partial charge in [-0.1, -0.05) is 30.3 Å². The van der Waals surface area contributed by atoms with Gasteiger partial charge in [0, 0.05) is 5.56 Å². The molecule has 0 saturated carbocycles. The molecule has 0 amide bonds. The lowest BCUT2D eigenvalue weighted by Gasteiger charge is -2.11. The summed E-state index contributed by atoms with van der Waals surface area (Å²) in [4.78, 5) is 0.